The van der Waals surface area contributed by atoms with E-state index in [1.807, 2.05) is 13.8 Å². The molecule has 0 radical (unpaired) electrons. The van der Waals surface area contributed by atoms with E-state index in [1.165, 1.54) is 0 Å². The standard InChI is InChI=1S/C19H28FNO2/c1-13(2)17(22)12-7-5-6-9-15-10-8-11-16(18(15)20)21-19(23)14(3)4/h8,10-11,13-14H,5-7,9,12H2,1-4H3,(H,21,23). The molecule has 0 aliphatic rings. The molecular formula is C19H28FNO2. The van der Waals surface area contributed by atoms with Gasteiger partial charge in [-0.15, -0.1) is 0 Å². The lowest BCUT2D eigenvalue weighted by Crippen LogP contribution is -2.18. The maximum absolute atomic E-state index is 14.4. The van der Waals surface area contributed by atoms with Crippen LogP contribution < -0.4 is 5.32 Å². The Balaban J connectivity index is 2.49. The molecule has 128 valence electrons. The van der Waals surface area contributed by atoms with Crippen molar-refractivity contribution in [1.29, 1.82) is 0 Å². The predicted octanol–water partition coefficient (Wildman–Crippen LogP) is 4.75. The molecule has 0 saturated heterocycles. The molecule has 0 aliphatic heterocycles. The number of halogens is 1. The number of benzene rings is 1. The van der Waals surface area contributed by atoms with E-state index in [0.717, 1.165) is 19.3 Å². The van der Waals surface area contributed by atoms with Gasteiger partial charge in [-0.25, -0.2) is 4.39 Å². The van der Waals surface area contributed by atoms with E-state index < -0.39 is 0 Å². The highest BCUT2D eigenvalue weighted by Crippen LogP contribution is 2.21. The zero-order valence-corrected chi connectivity index (χ0v) is 14.6. The van der Waals surface area contributed by atoms with Gasteiger partial charge in [-0.2, -0.15) is 0 Å². The molecule has 0 spiro atoms. The molecular weight excluding hydrogens is 293 g/mol. The molecule has 1 aromatic rings. The molecule has 23 heavy (non-hydrogen) atoms. The molecule has 0 bridgehead atoms. The molecule has 0 fully saturated rings. The summed E-state index contributed by atoms with van der Waals surface area (Å²) in [6.07, 6.45) is 3.81. The largest absolute Gasteiger partial charge is 0.323 e. The van der Waals surface area contributed by atoms with Gasteiger partial charge in [-0.3, -0.25) is 9.59 Å². The molecule has 0 aromatic heterocycles. The summed E-state index contributed by atoms with van der Waals surface area (Å²) >= 11 is 0. The van der Waals surface area contributed by atoms with Crippen LogP contribution in [0, 0.1) is 17.7 Å². The van der Waals surface area contributed by atoms with Crippen molar-refractivity contribution < 1.29 is 14.0 Å². The van der Waals surface area contributed by atoms with Crippen molar-refractivity contribution in [3.63, 3.8) is 0 Å². The van der Waals surface area contributed by atoms with Crippen molar-refractivity contribution in [3.05, 3.63) is 29.6 Å². The van der Waals surface area contributed by atoms with Crippen LogP contribution >= 0.6 is 0 Å². The summed E-state index contributed by atoms with van der Waals surface area (Å²) in [7, 11) is 0. The molecule has 1 rings (SSSR count). The van der Waals surface area contributed by atoms with E-state index in [0.29, 0.717) is 18.4 Å². The Kier molecular flexibility index (Phi) is 7.93. The number of carbonyl (C=O) groups is 2. The highest BCUT2D eigenvalue weighted by molar-refractivity contribution is 5.92. The van der Waals surface area contributed by atoms with Gasteiger partial charge in [0.05, 0.1) is 5.69 Å². The summed E-state index contributed by atoms with van der Waals surface area (Å²) in [5, 5.41) is 2.62. The Morgan fingerprint density at radius 1 is 1.04 bits per heavy atom. The summed E-state index contributed by atoms with van der Waals surface area (Å²) in [5.41, 5.74) is 0.859. The first-order valence-electron chi connectivity index (χ1n) is 8.44. The first kappa shape index (κ1) is 19.3. The Hall–Kier alpha value is -1.71. The maximum atomic E-state index is 14.4. The Morgan fingerprint density at radius 2 is 1.74 bits per heavy atom. The van der Waals surface area contributed by atoms with Crippen LogP contribution in [0.3, 0.4) is 0 Å². The number of amides is 1. The zero-order chi connectivity index (χ0) is 17.4. The Labute approximate surface area is 138 Å². The number of rotatable bonds is 9. The van der Waals surface area contributed by atoms with Crippen molar-refractivity contribution in [2.24, 2.45) is 11.8 Å². The van der Waals surface area contributed by atoms with Gasteiger partial charge >= 0.3 is 0 Å². The molecule has 4 heteroatoms. The first-order chi connectivity index (χ1) is 10.8. The lowest BCUT2D eigenvalue weighted by molar-refractivity contribution is -0.122. The quantitative estimate of drug-likeness (QED) is 0.667. The van der Waals surface area contributed by atoms with Gasteiger partial charge in [-0.1, -0.05) is 46.2 Å². The average Bonchev–Trinajstić information content (AvgIpc) is 2.49. The SMILES string of the molecule is CC(C)C(=O)CCCCCc1cccc(NC(=O)C(C)C)c1F. The van der Waals surface area contributed by atoms with Crippen LogP contribution in [-0.4, -0.2) is 11.7 Å². The lowest BCUT2D eigenvalue weighted by atomic mass is 10.0. The van der Waals surface area contributed by atoms with E-state index in [-0.39, 0.29) is 35.0 Å². The summed E-state index contributed by atoms with van der Waals surface area (Å²) in [6.45, 7) is 7.37. The van der Waals surface area contributed by atoms with Gasteiger partial charge in [0.15, 0.2) is 0 Å². The van der Waals surface area contributed by atoms with Crippen molar-refractivity contribution in [1.82, 2.24) is 0 Å². The lowest BCUT2D eigenvalue weighted by Gasteiger charge is -2.11. The third-order valence-corrected chi connectivity index (χ3v) is 3.87. The molecule has 0 aliphatic carbocycles. The van der Waals surface area contributed by atoms with Crippen molar-refractivity contribution in [3.8, 4) is 0 Å². The van der Waals surface area contributed by atoms with Crippen molar-refractivity contribution in [2.45, 2.75) is 59.8 Å². The van der Waals surface area contributed by atoms with Crippen LogP contribution in [0.25, 0.3) is 0 Å². The highest BCUT2D eigenvalue weighted by atomic mass is 19.1. The third kappa shape index (κ3) is 6.51. The number of anilines is 1. The normalized spacial score (nSPS) is 11.1. The monoisotopic (exact) mass is 321 g/mol. The fourth-order valence-electron chi connectivity index (χ4n) is 2.23. The van der Waals surface area contributed by atoms with Crippen LogP contribution in [0.1, 0.15) is 58.9 Å². The van der Waals surface area contributed by atoms with E-state index >= 15 is 0 Å². The minimum absolute atomic E-state index is 0.0914. The highest BCUT2D eigenvalue weighted by Gasteiger charge is 2.13. The van der Waals surface area contributed by atoms with Crippen molar-refractivity contribution in [2.75, 3.05) is 5.32 Å². The Morgan fingerprint density at radius 3 is 2.35 bits per heavy atom. The minimum Gasteiger partial charge on any atom is -0.323 e. The summed E-state index contributed by atoms with van der Waals surface area (Å²) in [4.78, 5) is 23.2. The average molecular weight is 321 g/mol. The van der Waals surface area contributed by atoms with E-state index in [9.17, 15) is 14.0 Å². The van der Waals surface area contributed by atoms with Gasteiger partial charge in [0.25, 0.3) is 0 Å². The second-order valence-electron chi connectivity index (χ2n) is 6.60. The third-order valence-electron chi connectivity index (χ3n) is 3.87. The smallest absolute Gasteiger partial charge is 0.227 e. The fourth-order valence-corrected chi connectivity index (χ4v) is 2.23. The Bertz CT molecular complexity index is 538. The molecule has 1 amide bonds. The molecule has 0 atom stereocenters. The topological polar surface area (TPSA) is 46.2 Å². The maximum Gasteiger partial charge on any atom is 0.227 e. The summed E-state index contributed by atoms with van der Waals surface area (Å²) in [5.74, 6) is -0.340. The number of unbranched alkanes of at least 4 members (excludes halogenated alkanes) is 2. The van der Waals surface area contributed by atoms with Gasteiger partial charge in [0, 0.05) is 18.3 Å². The van der Waals surface area contributed by atoms with E-state index in [4.69, 9.17) is 0 Å². The van der Waals surface area contributed by atoms with Crippen molar-refractivity contribution >= 4 is 17.4 Å². The number of carbonyl (C=O) groups excluding carboxylic acids is 2. The van der Waals surface area contributed by atoms with Gasteiger partial charge in [0.1, 0.15) is 11.6 Å². The number of nitrogens with one attached hydrogen (secondary N) is 1. The first-order valence-corrected chi connectivity index (χ1v) is 8.44. The predicted molar refractivity (Wildman–Crippen MR) is 91.9 cm³/mol. The van der Waals surface area contributed by atoms with Crippen LogP contribution in [0.2, 0.25) is 0 Å². The fraction of sp³-hybridized carbons (Fsp3) is 0.579. The number of hydrogen-bond acceptors (Lipinski definition) is 2. The number of ketones is 1. The second-order valence-corrected chi connectivity index (χ2v) is 6.60. The van der Waals surface area contributed by atoms with Crippen LogP contribution in [0.15, 0.2) is 18.2 Å². The number of aryl methyl sites for hydroxylation is 1. The van der Waals surface area contributed by atoms with Crippen LogP contribution in [0.4, 0.5) is 10.1 Å². The van der Waals surface area contributed by atoms with Crippen LogP contribution in [-0.2, 0) is 16.0 Å². The zero-order valence-electron chi connectivity index (χ0n) is 14.6. The summed E-state index contributed by atoms with van der Waals surface area (Å²) < 4.78 is 14.4. The minimum atomic E-state index is -0.347. The number of hydrogen-bond donors (Lipinski definition) is 1. The van der Waals surface area contributed by atoms with Gasteiger partial charge in [-0.05, 0) is 30.9 Å². The summed E-state index contributed by atoms with van der Waals surface area (Å²) in [6, 6.07) is 5.09. The molecule has 1 aromatic carbocycles. The number of Topliss-reactive ketones (excluding diaryl/α,β-unsaturated/α-hetero) is 1. The molecule has 1 N–H and O–H groups in total. The molecule has 0 saturated carbocycles. The van der Waals surface area contributed by atoms with Gasteiger partial charge in [0.2, 0.25) is 5.91 Å². The molecule has 0 heterocycles. The van der Waals surface area contributed by atoms with E-state index in [2.05, 4.69) is 5.32 Å². The van der Waals surface area contributed by atoms with E-state index in [1.54, 1.807) is 32.0 Å². The molecule has 0 unspecified atom stereocenters. The second kappa shape index (κ2) is 9.43. The van der Waals surface area contributed by atoms with Gasteiger partial charge < -0.3 is 5.32 Å². The van der Waals surface area contributed by atoms with Crippen LogP contribution in [0.5, 0.6) is 0 Å². The molecule has 3 nitrogen and oxygen atoms in total.